The fourth-order valence-corrected chi connectivity index (χ4v) is 3.65. The number of para-hydroxylation sites is 1. The first-order chi connectivity index (χ1) is 15.5. The lowest BCUT2D eigenvalue weighted by Gasteiger charge is -2.33. The number of anilines is 2. The van der Waals surface area contributed by atoms with Crippen molar-refractivity contribution in [1.82, 2.24) is 19.9 Å². The molecule has 8 nitrogen and oxygen atoms in total. The highest BCUT2D eigenvalue weighted by atomic mass is 16.5. The Kier molecular flexibility index (Phi) is 6.61. The molecular weight excluding hydrogens is 406 g/mol. The SMILES string of the molecule is Cc1cc(Nc2nc(C)cc(C)n2)cc([C@@H]2CN(C(=O)COc3ccccc3)CCO2)n1. The minimum absolute atomic E-state index is 0.00513. The van der Waals surface area contributed by atoms with E-state index in [4.69, 9.17) is 9.47 Å². The summed E-state index contributed by atoms with van der Waals surface area (Å²) in [6.07, 6.45) is -0.315. The lowest BCUT2D eigenvalue weighted by Crippen LogP contribution is -2.44. The molecule has 1 aliphatic heterocycles. The second-order valence-electron chi connectivity index (χ2n) is 7.82. The number of ether oxygens (including phenoxy) is 2. The maximum absolute atomic E-state index is 12.7. The molecule has 2 aromatic heterocycles. The zero-order valence-corrected chi connectivity index (χ0v) is 18.5. The molecule has 3 aromatic rings. The maximum atomic E-state index is 12.7. The van der Waals surface area contributed by atoms with E-state index in [1.165, 1.54) is 0 Å². The summed E-state index contributed by atoms with van der Waals surface area (Å²) >= 11 is 0. The van der Waals surface area contributed by atoms with Crippen LogP contribution in [0.5, 0.6) is 5.75 Å². The van der Waals surface area contributed by atoms with Crippen LogP contribution in [0.15, 0.2) is 48.5 Å². The van der Waals surface area contributed by atoms with Crippen LogP contribution in [0, 0.1) is 20.8 Å². The van der Waals surface area contributed by atoms with Crippen LogP contribution < -0.4 is 10.1 Å². The van der Waals surface area contributed by atoms with E-state index in [0.29, 0.717) is 31.4 Å². The minimum Gasteiger partial charge on any atom is -0.484 e. The van der Waals surface area contributed by atoms with Gasteiger partial charge in [-0.25, -0.2) is 9.97 Å². The average molecular weight is 434 g/mol. The average Bonchev–Trinajstić information content (AvgIpc) is 2.77. The molecule has 1 amide bonds. The third-order valence-electron chi connectivity index (χ3n) is 5.07. The molecule has 1 aromatic carbocycles. The van der Waals surface area contributed by atoms with Crippen LogP contribution in [-0.4, -0.2) is 52.1 Å². The number of hydrogen-bond donors (Lipinski definition) is 1. The van der Waals surface area contributed by atoms with Gasteiger partial charge in [-0.3, -0.25) is 9.78 Å². The number of rotatable bonds is 6. The van der Waals surface area contributed by atoms with Gasteiger partial charge < -0.3 is 19.7 Å². The highest BCUT2D eigenvalue weighted by molar-refractivity contribution is 5.78. The summed E-state index contributed by atoms with van der Waals surface area (Å²) in [6.45, 7) is 7.19. The van der Waals surface area contributed by atoms with E-state index in [0.717, 1.165) is 28.5 Å². The number of carbonyl (C=O) groups is 1. The van der Waals surface area contributed by atoms with E-state index in [2.05, 4.69) is 20.3 Å². The fourth-order valence-electron chi connectivity index (χ4n) is 3.65. The summed E-state index contributed by atoms with van der Waals surface area (Å²) in [6, 6.07) is 15.1. The summed E-state index contributed by atoms with van der Waals surface area (Å²) in [7, 11) is 0. The molecule has 166 valence electrons. The molecule has 0 spiro atoms. The van der Waals surface area contributed by atoms with Crippen molar-refractivity contribution in [3.63, 3.8) is 0 Å². The standard InChI is InChI=1S/C24H27N5O3/c1-16-11-17(2)27-24(26-16)28-19-12-18(3)25-21(13-19)22-14-29(9-10-31-22)23(30)15-32-20-7-5-4-6-8-20/h4-8,11-13,22H,9-10,14-15H2,1-3H3,(H,25,26,27,28)/t22-/m0/s1. The molecule has 4 rings (SSSR count). The number of benzene rings is 1. The topological polar surface area (TPSA) is 89.5 Å². The summed E-state index contributed by atoms with van der Waals surface area (Å²) in [5, 5.41) is 3.26. The molecule has 1 atom stereocenters. The van der Waals surface area contributed by atoms with Gasteiger partial charge in [0, 0.05) is 29.3 Å². The zero-order chi connectivity index (χ0) is 22.5. The second kappa shape index (κ2) is 9.74. The normalized spacial score (nSPS) is 16.0. The highest BCUT2D eigenvalue weighted by Gasteiger charge is 2.27. The van der Waals surface area contributed by atoms with Gasteiger partial charge in [0.15, 0.2) is 6.61 Å². The first-order valence-corrected chi connectivity index (χ1v) is 10.6. The number of nitrogens with zero attached hydrogens (tertiary/aromatic N) is 4. The van der Waals surface area contributed by atoms with Gasteiger partial charge in [-0.1, -0.05) is 18.2 Å². The summed E-state index contributed by atoms with van der Waals surface area (Å²) in [4.78, 5) is 28.0. The van der Waals surface area contributed by atoms with Crippen molar-refractivity contribution in [2.75, 3.05) is 31.6 Å². The Balaban J connectivity index is 1.44. The van der Waals surface area contributed by atoms with Gasteiger partial charge in [-0.15, -0.1) is 0 Å². The third kappa shape index (κ3) is 5.59. The van der Waals surface area contributed by atoms with Gasteiger partial charge in [0.25, 0.3) is 5.91 Å². The molecule has 1 aliphatic rings. The molecular formula is C24H27N5O3. The Bertz CT molecular complexity index is 1070. The minimum atomic E-state index is -0.315. The monoisotopic (exact) mass is 433 g/mol. The highest BCUT2D eigenvalue weighted by Crippen LogP contribution is 2.25. The number of hydrogen-bond acceptors (Lipinski definition) is 7. The molecule has 0 radical (unpaired) electrons. The largest absolute Gasteiger partial charge is 0.484 e. The van der Waals surface area contributed by atoms with Gasteiger partial charge in [0.05, 0.1) is 18.8 Å². The van der Waals surface area contributed by atoms with E-state index >= 15 is 0 Å². The number of pyridine rings is 1. The molecule has 0 saturated carbocycles. The van der Waals surface area contributed by atoms with Gasteiger partial charge in [-0.05, 0) is 51.1 Å². The van der Waals surface area contributed by atoms with Crippen molar-refractivity contribution in [2.24, 2.45) is 0 Å². The number of aromatic nitrogens is 3. The number of morpholine rings is 1. The van der Waals surface area contributed by atoms with Crippen molar-refractivity contribution in [2.45, 2.75) is 26.9 Å². The first kappa shape index (κ1) is 21.7. The van der Waals surface area contributed by atoms with Gasteiger partial charge in [0.2, 0.25) is 5.95 Å². The van der Waals surface area contributed by atoms with Crippen LogP contribution in [-0.2, 0) is 9.53 Å². The number of amides is 1. The predicted octanol–water partition coefficient (Wildman–Crippen LogP) is 3.52. The van der Waals surface area contributed by atoms with Crippen LogP contribution in [0.25, 0.3) is 0 Å². The van der Waals surface area contributed by atoms with Crippen molar-refractivity contribution in [3.8, 4) is 5.75 Å². The maximum Gasteiger partial charge on any atom is 0.260 e. The summed E-state index contributed by atoms with van der Waals surface area (Å²) < 4.78 is 11.6. The molecule has 1 fully saturated rings. The van der Waals surface area contributed by atoms with Crippen molar-refractivity contribution < 1.29 is 14.3 Å². The predicted molar refractivity (Wildman–Crippen MR) is 121 cm³/mol. The fraction of sp³-hybridized carbons (Fsp3) is 0.333. The van der Waals surface area contributed by atoms with E-state index < -0.39 is 0 Å². The summed E-state index contributed by atoms with van der Waals surface area (Å²) in [5.74, 6) is 1.14. The molecule has 0 unspecified atom stereocenters. The van der Waals surface area contributed by atoms with Crippen LogP contribution in [0.1, 0.15) is 28.9 Å². The summed E-state index contributed by atoms with van der Waals surface area (Å²) in [5.41, 5.74) is 4.23. The Morgan fingerprint density at radius 2 is 1.78 bits per heavy atom. The van der Waals surface area contributed by atoms with E-state index in [1.54, 1.807) is 4.90 Å². The van der Waals surface area contributed by atoms with E-state index in [1.807, 2.05) is 69.3 Å². The molecule has 8 heteroatoms. The lowest BCUT2D eigenvalue weighted by molar-refractivity contribution is -0.141. The van der Waals surface area contributed by atoms with Crippen LogP contribution >= 0.6 is 0 Å². The Hall–Kier alpha value is -3.52. The smallest absolute Gasteiger partial charge is 0.260 e. The van der Waals surface area contributed by atoms with Gasteiger partial charge in [-0.2, -0.15) is 0 Å². The quantitative estimate of drug-likeness (QED) is 0.636. The molecule has 0 aliphatic carbocycles. The number of carbonyl (C=O) groups excluding carboxylic acids is 1. The Morgan fingerprint density at radius 1 is 1.06 bits per heavy atom. The van der Waals surface area contributed by atoms with Gasteiger partial charge >= 0.3 is 0 Å². The number of aryl methyl sites for hydroxylation is 3. The Labute approximate surface area is 187 Å². The first-order valence-electron chi connectivity index (χ1n) is 10.6. The van der Waals surface area contributed by atoms with Crippen LogP contribution in [0.2, 0.25) is 0 Å². The molecule has 1 saturated heterocycles. The molecule has 3 heterocycles. The van der Waals surface area contributed by atoms with Crippen molar-refractivity contribution >= 4 is 17.5 Å². The van der Waals surface area contributed by atoms with E-state index in [-0.39, 0.29) is 18.6 Å². The van der Waals surface area contributed by atoms with Crippen molar-refractivity contribution in [1.29, 1.82) is 0 Å². The van der Waals surface area contributed by atoms with Gasteiger partial charge in [0.1, 0.15) is 11.9 Å². The molecule has 1 N–H and O–H groups in total. The van der Waals surface area contributed by atoms with Crippen LogP contribution in [0.3, 0.4) is 0 Å². The zero-order valence-electron chi connectivity index (χ0n) is 18.5. The van der Waals surface area contributed by atoms with Crippen LogP contribution in [0.4, 0.5) is 11.6 Å². The van der Waals surface area contributed by atoms with Crippen molar-refractivity contribution in [3.05, 3.63) is 71.3 Å². The number of nitrogens with one attached hydrogen (secondary N) is 1. The molecule has 32 heavy (non-hydrogen) atoms. The third-order valence-corrected chi connectivity index (χ3v) is 5.07. The van der Waals surface area contributed by atoms with E-state index in [9.17, 15) is 4.79 Å². The second-order valence-corrected chi connectivity index (χ2v) is 7.82. The lowest BCUT2D eigenvalue weighted by atomic mass is 10.1. The molecule has 0 bridgehead atoms. The Morgan fingerprint density at radius 3 is 2.53 bits per heavy atom.